The maximum atomic E-state index is 12.4. The largest absolute Gasteiger partial charge is 0.343 e. The van der Waals surface area contributed by atoms with Crippen LogP contribution >= 0.6 is 11.3 Å². The summed E-state index contributed by atoms with van der Waals surface area (Å²) in [5, 5.41) is 1.74. The first-order valence-electron chi connectivity index (χ1n) is 9.39. The number of nitrogens with one attached hydrogen (secondary N) is 1. The average Bonchev–Trinajstić information content (AvgIpc) is 3.22. The molecule has 3 rings (SSSR count). The van der Waals surface area contributed by atoms with Crippen LogP contribution in [0, 0.1) is 5.92 Å². The maximum absolute atomic E-state index is 12.4. The SMILES string of the molecule is O=C(CCCNS(=O)(=O)c1cccs1)N1CCC(Cc2ccccc2)CC1. The lowest BCUT2D eigenvalue weighted by molar-refractivity contribution is -0.132. The van der Waals surface area contributed by atoms with Gasteiger partial charge >= 0.3 is 0 Å². The third kappa shape index (κ3) is 5.89. The average molecular weight is 407 g/mol. The van der Waals surface area contributed by atoms with E-state index in [0.29, 0.717) is 23.0 Å². The van der Waals surface area contributed by atoms with E-state index in [9.17, 15) is 13.2 Å². The molecule has 1 amide bonds. The Kier molecular flexibility index (Phi) is 7.04. The van der Waals surface area contributed by atoms with Crippen molar-refractivity contribution < 1.29 is 13.2 Å². The van der Waals surface area contributed by atoms with Crippen molar-refractivity contribution in [3.05, 3.63) is 53.4 Å². The first-order chi connectivity index (χ1) is 13.0. The van der Waals surface area contributed by atoms with Gasteiger partial charge in [-0.3, -0.25) is 4.79 Å². The molecular weight excluding hydrogens is 380 g/mol. The Bertz CT molecular complexity index is 812. The van der Waals surface area contributed by atoms with Crippen molar-refractivity contribution in [2.45, 2.75) is 36.3 Å². The van der Waals surface area contributed by atoms with E-state index >= 15 is 0 Å². The summed E-state index contributed by atoms with van der Waals surface area (Å²) in [6.45, 7) is 1.89. The van der Waals surface area contributed by atoms with E-state index in [-0.39, 0.29) is 12.5 Å². The van der Waals surface area contributed by atoms with Crippen LogP contribution in [0.25, 0.3) is 0 Å². The van der Waals surface area contributed by atoms with Gasteiger partial charge in [-0.1, -0.05) is 36.4 Å². The molecule has 1 aliphatic rings. The number of thiophene rings is 1. The number of nitrogens with zero attached hydrogens (tertiary/aromatic N) is 1. The summed E-state index contributed by atoms with van der Waals surface area (Å²) in [6.07, 6.45) is 4.05. The Hall–Kier alpha value is -1.70. The van der Waals surface area contributed by atoms with Gasteiger partial charge in [0.2, 0.25) is 15.9 Å². The number of rotatable bonds is 8. The van der Waals surface area contributed by atoms with Gasteiger partial charge in [0.1, 0.15) is 4.21 Å². The fourth-order valence-electron chi connectivity index (χ4n) is 3.43. The van der Waals surface area contributed by atoms with Crippen molar-refractivity contribution in [3.8, 4) is 0 Å². The smallest absolute Gasteiger partial charge is 0.250 e. The van der Waals surface area contributed by atoms with Crippen molar-refractivity contribution in [1.29, 1.82) is 0 Å². The van der Waals surface area contributed by atoms with Gasteiger partial charge in [-0.05, 0) is 48.6 Å². The van der Waals surface area contributed by atoms with Gasteiger partial charge in [0.15, 0.2) is 0 Å². The highest BCUT2D eigenvalue weighted by atomic mass is 32.2. The van der Waals surface area contributed by atoms with Crippen molar-refractivity contribution >= 4 is 27.3 Å². The zero-order valence-corrected chi connectivity index (χ0v) is 17.0. The predicted molar refractivity (Wildman–Crippen MR) is 108 cm³/mol. The van der Waals surface area contributed by atoms with Gasteiger partial charge in [0.05, 0.1) is 0 Å². The van der Waals surface area contributed by atoms with E-state index in [2.05, 4.69) is 29.0 Å². The van der Waals surface area contributed by atoms with Crippen LogP contribution in [-0.2, 0) is 21.2 Å². The first kappa shape index (κ1) is 20.0. The molecule has 146 valence electrons. The molecular formula is C20H26N2O3S2. The van der Waals surface area contributed by atoms with Crippen LogP contribution in [0.15, 0.2) is 52.1 Å². The molecule has 0 aliphatic carbocycles. The third-order valence-corrected chi connectivity index (χ3v) is 7.81. The topological polar surface area (TPSA) is 66.5 Å². The number of hydrogen-bond acceptors (Lipinski definition) is 4. The van der Waals surface area contributed by atoms with E-state index in [1.165, 1.54) is 16.9 Å². The molecule has 1 N–H and O–H groups in total. The van der Waals surface area contributed by atoms with Crippen molar-refractivity contribution in [3.63, 3.8) is 0 Å². The van der Waals surface area contributed by atoms with E-state index in [0.717, 1.165) is 32.4 Å². The highest BCUT2D eigenvalue weighted by Crippen LogP contribution is 2.22. The molecule has 1 saturated heterocycles. The van der Waals surface area contributed by atoms with E-state index in [1.54, 1.807) is 17.5 Å². The minimum absolute atomic E-state index is 0.128. The standard InChI is InChI=1S/C20H26N2O3S2/c23-19(8-4-12-21-27(24,25)20-9-5-15-26-20)22-13-10-18(11-14-22)16-17-6-2-1-3-7-17/h1-3,5-7,9,15,18,21H,4,8,10-14,16H2. The lowest BCUT2D eigenvalue weighted by Crippen LogP contribution is -2.39. The maximum Gasteiger partial charge on any atom is 0.250 e. The number of sulfonamides is 1. The summed E-state index contributed by atoms with van der Waals surface area (Å²) in [5.74, 6) is 0.762. The zero-order chi connectivity index (χ0) is 19.1. The molecule has 1 fully saturated rings. The van der Waals surface area contributed by atoms with Gasteiger partial charge in [0.25, 0.3) is 0 Å². The molecule has 0 bridgehead atoms. The van der Waals surface area contributed by atoms with Crippen LogP contribution in [0.5, 0.6) is 0 Å². The second-order valence-corrected chi connectivity index (χ2v) is 9.89. The van der Waals surface area contributed by atoms with Crippen LogP contribution in [0.2, 0.25) is 0 Å². The van der Waals surface area contributed by atoms with Crippen molar-refractivity contribution in [2.24, 2.45) is 5.92 Å². The second-order valence-electron chi connectivity index (χ2n) is 6.95. The molecule has 7 heteroatoms. The Morgan fingerprint density at radius 1 is 1.11 bits per heavy atom. The fraction of sp³-hybridized carbons (Fsp3) is 0.450. The Morgan fingerprint density at radius 3 is 2.52 bits per heavy atom. The predicted octanol–water partition coefficient (Wildman–Crippen LogP) is 3.29. The summed E-state index contributed by atoms with van der Waals surface area (Å²) in [4.78, 5) is 14.3. The summed E-state index contributed by atoms with van der Waals surface area (Å²) in [5.41, 5.74) is 1.36. The monoisotopic (exact) mass is 406 g/mol. The van der Waals surface area contributed by atoms with Gasteiger partial charge in [-0.2, -0.15) is 0 Å². The second kappa shape index (κ2) is 9.48. The molecule has 5 nitrogen and oxygen atoms in total. The van der Waals surface area contributed by atoms with Crippen molar-refractivity contribution in [2.75, 3.05) is 19.6 Å². The minimum Gasteiger partial charge on any atom is -0.343 e. The normalized spacial score (nSPS) is 15.8. The number of hydrogen-bond donors (Lipinski definition) is 1. The number of piperidine rings is 1. The molecule has 2 heterocycles. The molecule has 27 heavy (non-hydrogen) atoms. The molecule has 0 saturated carbocycles. The molecule has 1 aliphatic heterocycles. The lowest BCUT2D eigenvalue weighted by atomic mass is 9.90. The van der Waals surface area contributed by atoms with Gasteiger partial charge in [-0.25, -0.2) is 13.1 Å². The fourth-order valence-corrected chi connectivity index (χ4v) is 5.54. The summed E-state index contributed by atoms with van der Waals surface area (Å²) in [6, 6.07) is 13.8. The Labute approximate surface area is 165 Å². The van der Waals surface area contributed by atoms with Gasteiger partial charge in [-0.15, -0.1) is 11.3 Å². The minimum atomic E-state index is -3.43. The van der Waals surface area contributed by atoms with E-state index in [4.69, 9.17) is 0 Å². The summed E-state index contributed by atoms with van der Waals surface area (Å²) in [7, 11) is -3.43. The molecule has 0 unspecified atom stereocenters. The molecule has 2 aromatic rings. The highest BCUT2D eigenvalue weighted by molar-refractivity contribution is 7.91. The molecule has 0 atom stereocenters. The van der Waals surface area contributed by atoms with Crippen molar-refractivity contribution in [1.82, 2.24) is 9.62 Å². The third-order valence-electron chi connectivity index (χ3n) is 4.95. The molecule has 1 aromatic carbocycles. The quantitative estimate of drug-likeness (QED) is 0.684. The van der Waals surface area contributed by atoms with Crippen LogP contribution < -0.4 is 4.72 Å². The van der Waals surface area contributed by atoms with Gasteiger partial charge < -0.3 is 4.90 Å². The molecule has 1 aromatic heterocycles. The molecule has 0 spiro atoms. The number of carbonyl (C=O) groups is 1. The Morgan fingerprint density at radius 2 is 1.85 bits per heavy atom. The summed E-state index contributed by atoms with van der Waals surface area (Å²) >= 11 is 1.19. The summed E-state index contributed by atoms with van der Waals surface area (Å²) < 4.78 is 26.9. The number of benzene rings is 1. The first-order valence-corrected chi connectivity index (χ1v) is 11.8. The zero-order valence-electron chi connectivity index (χ0n) is 15.3. The van der Waals surface area contributed by atoms with E-state index < -0.39 is 10.0 Å². The number of carbonyl (C=O) groups excluding carboxylic acids is 1. The van der Waals surface area contributed by atoms with Crippen LogP contribution in [-0.4, -0.2) is 38.9 Å². The number of amides is 1. The van der Waals surface area contributed by atoms with E-state index in [1.807, 2.05) is 11.0 Å². The Balaban J connectivity index is 1.35. The van der Waals surface area contributed by atoms with Gasteiger partial charge in [0, 0.05) is 26.1 Å². The highest BCUT2D eigenvalue weighted by Gasteiger charge is 2.23. The number of likely N-dealkylation sites (tertiary alicyclic amines) is 1. The van der Waals surface area contributed by atoms with Crippen LogP contribution in [0.3, 0.4) is 0 Å². The van der Waals surface area contributed by atoms with Crippen LogP contribution in [0.4, 0.5) is 0 Å². The van der Waals surface area contributed by atoms with Crippen LogP contribution in [0.1, 0.15) is 31.2 Å². The molecule has 0 radical (unpaired) electrons. The lowest BCUT2D eigenvalue weighted by Gasteiger charge is -2.32.